The highest BCUT2D eigenvalue weighted by Gasteiger charge is 2.54. The van der Waals surface area contributed by atoms with E-state index in [2.05, 4.69) is 130 Å². The van der Waals surface area contributed by atoms with Gasteiger partial charge in [-0.25, -0.2) is 0 Å². The number of ether oxygens (including phenoxy) is 2. The molecule has 2 aliphatic rings. The third kappa shape index (κ3) is 29.4. The molecule has 5 nitrogen and oxygen atoms in total. The molecule has 422 valence electrons. The van der Waals surface area contributed by atoms with Crippen molar-refractivity contribution in [1.29, 1.82) is 0 Å². The minimum Gasteiger partial charge on any atom is -0.462 e. The molecule has 0 aliphatic heterocycles. The first kappa shape index (κ1) is 67.1. The second-order valence-electron chi connectivity index (χ2n) is 24.4. The fraction of sp³-hybridized carbons (Fsp3) is 0.671. The van der Waals surface area contributed by atoms with Crippen LogP contribution in [0.3, 0.4) is 0 Å². The molecule has 1 fully saturated rings. The zero-order valence-corrected chi connectivity index (χ0v) is 50.5. The first-order valence-electron chi connectivity index (χ1n) is 30.5. The van der Waals surface area contributed by atoms with Crippen molar-refractivity contribution >= 4 is 17.7 Å². The van der Waals surface area contributed by atoms with Gasteiger partial charge in [0.25, 0.3) is 0 Å². The molecule has 0 aromatic rings. The van der Waals surface area contributed by atoms with Gasteiger partial charge in [-0.1, -0.05) is 297 Å². The zero-order chi connectivity index (χ0) is 55.4. The molecule has 0 N–H and O–H groups in total. The second kappa shape index (κ2) is 38.5. The minimum absolute atomic E-state index is 0.0327. The van der Waals surface area contributed by atoms with Gasteiger partial charge < -0.3 is 9.47 Å². The Bertz CT molecular complexity index is 1990. The van der Waals surface area contributed by atoms with Crippen LogP contribution in [0.2, 0.25) is 0 Å². The van der Waals surface area contributed by atoms with Crippen LogP contribution in [0.4, 0.5) is 0 Å². The lowest BCUT2D eigenvalue weighted by Crippen LogP contribution is -2.36. The summed E-state index contributed by atoms with van der Waals surface area (Å²) in [5.74, 6) is -0.0614. The number of ketones is 1. The normalized spacial score (nSPS) is 20.8. The summed E-state index contributed by atoms with van der Waals surface area (Å²) in [4.78, 5) is 39.2. The van der Waals surface area contributed by atoms with Gasteiger partial charge in [-0.2, -0.15) is 0 Å². The summed E-state index contributed by atoms with van der Waals surface area (Å²) < 4.78 is 12.0. The van der Waals surface area contributed by atoms with E-state index in [9.17, 15) is 14.4 Å². The van der Waals surface area contributed by atoms with Crippen molar-refractivity contribution in [1.82, 2.24) is 0 Å². The van der Waals surface area contributed by atoms with Gasteiger partial charge in [-0.05, 0) is 89.2 Å². The van der Waals surface area contributed by atoms with Crippen molar-refractivity contribution in [2.75, 3.05) is 0 Å². The first-order chi connectivity index (χ1) is 35.8. The third-order valence-electron chi connectivity index (χ3n) is 16.2. The quantitative estimate of drug-likeness (QED) is 0.0266. The number of hydrogen-bond donors (Lipinski definition) is 0. The van der Waals surface area contributed by atoms with E-state index in [0.717, 1.165) is 55.2 Å². The fourth-order valence-corrected chi connectivity index (χ4v) is 11.0. The molecule has 5 heteroatoms. The van der Waals surface area contributed by atoms with E-state index in [1.54, 1.807) is 6.08 Å². The van der Waals surface area contributed by atoms with Gasteiger partial charge in [-0.15, -0.1) is 0 Å². The zero-order valence-electron chi connectivity index (χ0n) is 50.5. The Morgan fingerprint density at radius 2 is 0.827 bits per heavy atom. The second-order valence-corrected chi connectivity index (χ2v) is 24.4. The Balaban J connectivity index is 1.75. The molecule has 0 aromatic carbocycles. The van der Waals surface area contributed by atoms with Gasteiger partial charge in [0.1, 0.15) is 12.2 Å². The monoisotopic (exact) mass is 1030 g/mol. The molecule has 0 spiro atoms. The van der Waals surface area contributed by atoms with Gasteiger partial charge in [0.05, 0.1) is 0 Å². The molecule has 0 amide bonds. The Morgan fingerprint density at radius 3 is 1.25 bits per heavy atom. The lowest BCUT2D eigenvalue weighted by Gasteiger charge is -2.37. The summed E-state index contributed by atoms with van der Waals surface area (Å²) in [6, 6.07) is 0. The molecule has 0 heterocycles. The van der Waals surface area contributed by atoms with E-state index in [-0.39, 0.29) is 40.8 Å². The van der Waals surface area contributed by atoms with Crippen LogP contribution < -0.4 is 0 Å². The maximum atomic E-state index is 13.7. The van der Waals surface area contributed by atoms with Crippen molar-refractivity contribution in [2.24, 2.45) is 16.2 Å². The summed E-state index contributed by atoms with van der Waals surface area (Å²) in [7, 11) is 0. The maximum Gasteiger partial charge on any atom is 0.306 e. The lowest BCUT2D eigenvalue weighted by molar-refractivity contribution is -0.151. The Kier molecular flexibility index (Phi) is 34.5. The largest absolute Gasteiger partial charge is 0.462 e. The summed E-state index contributed by atoms with van der Waals surface area (Å²) in [5.41, 5.74) is 6.17. The number of esters is 2. The molecule has 1 saturated carbocycles. The Morgan fingerprint density at radius 1 is 0.453 bits per heavy atom. The molecule has 75 heavy (non-hydrogen) atoms. The molecule has 0 aromatic heterocycles. The molecule has 2 rings (SSSR count). The maximum absolute atomic E-state index is 13.7. The summed E-state index contributed by atoms with van der Waals surface area (Å²) in [6.45, 7) is 25.9. The first-order valence-corrected chi connectivity index (χ1v) is 30.5. The number of hydrogen-bond acceptors (Lipinski definition) is 5. The molecule has 0 bridgehead atoms. The molecule has 2 aliphatic carbocycles. The van der Waals surface area contributed by atoms with Crippen molar-refractivity contribution < 1.29 is 23.9 Å². The summed E-state index contributed by atoms with van der Waals surface area (Å²) >= 11 is 0. The van der Waals surface area contributed by atoms with E-state index < -0.39 is 5.41 Å². The summed E-state index contributed by atoms with van der Waals surface area (Å²) in [5, 5.41) is 0. The van der Waals surface area contributed by atoms with E-state index in [1.165, 1.54) is 145 Å². The van der Waals surface area contributed by atoms with Gasteiger partial charge >= 0.3 is 11.9 Å². The molecular formula is C70H112O5. The van der Waals surface area contributed by atoms with E-state index in [1.807, 2.05) is 32.1 Å². The van der Waals surface area contributed by atoms with Crippen LogP contribution in [0.15, 0.2) is 119 Å². The number of rotatable bonds is 39. The topological polar surface area (TPSA) is 69.7 Å². The lowest BCUT2D eigenvalue weighted by atomic mass is 9.66. The highest BCUT2D eigenvalue weighted by atomic mass is 16.5. The third-order valence-corrected chi connectivity index (χ3v) is 16.2. The van der Waals surface area contributed by atoms with Crippen LogP contribution in [0.5, 0.6) is 0 Å². The summed E-state index contributed by atoms with van der Waals surface area (Å²) in [6.07, 6.45) is 63.2. The van der Waals surface area contributed by atoms with Crippen LogP contribution in [-0.4, -0.2) is 29.9 Å². The highest BCUT2D eigenvalue weighted by Crippen LogP contribution is 2.54. The molecular weight excluding hydrogens is 921 g/mol. The minimum atomic E-state index is -0.593. The number of allylic oxidation sites excluding steroid dienone is 19. The van der Waals surface area contributed by atoms with Crippen molar-refractivity contribution in [3.8, 4) is 0 Å². The Hall–Kier alpha value is -3.99. The van der Waals surface area contributed by atoms with Crippen molar-refractivity contribution in [3.05, 3.63) is 119 Å². The van der Waals surface area contributed by atoms with Crippen LogP contribution in [-0.2, 0) is 23.9 Å². The van der Waals surface area contributed by atoms with Gasteiger partial charge in [0.2, 0.25) is 0 Å². The number of carbonyl (C=O) groups excluding carboxylic acids is 3. The average Bonchev–Trinajstić information content (AvgIpc) is 3.58. The average molecular weight is 1030 g/mol. The predicted molar refractivity (Wildman–Crippen MR) is 324 cm³/mol. The van der Waals surface area contributed by atoms with Gasteiger partial charge in [0, 0.05) is 24.7 Å². The van der Waals surface area contributed by atoms with E-state index in [4.69, 9.17) is 9.47 Å². The van der Waals surface area contributed by atoms with Crippen LogP contribution >= 0.6 is 0 Å². The predicted octanol–water partition coefficient (Wildman–Crippen LogP) is 21.1. The van der Waals surface area contributed by atoms with E-state index >= 15 is 0 Å². The Labute approximate surface area is 462 Å². The van der Waals surface area contributed by atoms with Crippen LogP contribution in [0, 0.1) is 16.2 Å². The fourth-order valence-electron chi connectivity index (χ4n) is 11.0. The van der Waals surface area contributed by atoms with Crippen LogP contribution in [0.1, 0.15) is 276 Å². The van der Waals surface area contributed by atoms with Gasteiger partial charge in [0.15, 0.2) is 5.78 Å². The highest BCUT2D eigenvalue weighted by molar-refractivity contribution is 5.96. The SMILES string of the molecule is CCCCCCCCCCCCCCCC(=O)O[C@@H]1CC(C)=C(/C=C/C(C)=C/C=C/C(C)=C/C=C/C=C(C)/C=C/C=C(C)/C=C/C(=O)[C@]2(C)C[C@@H](OC(=O)CCCCCCCCCCCCC)CC2(C)C)C(C)(C)C1. The van der Waals surface area contributed by atoms with E-state index in [0.29, 0.717) is 25.7 Å². The number of carbonyl (C=O) groups is 3. The molecule has 0 radical (unpaired) electrons. The number of unbranched alkanes of at least 4 members (excludes halogenated alkanes) is 22. The van der Waals surface area contributed by atoms with Crippen molar-refractivity contribution in [2.45, 2.75) is 288 Å². The molecule has 0 unspecified atom stereocenters. The molecule has 0 saturated heterocycles. The standard InChI is InChI=1S/C70H112O5/c1-13-15-17-19-21-23-25-26-28-30-31-33-35-47-66(72)74-62-53-61(7)64(68(8,9)54-62)51-49-59(5)45-39-43-57(3)41-37-38-42-58(4)44-40-46-60(6)50-52-65(71)70(12)56-63(55-69(70,10)11)75-67(73)48-36-34-32-29-27-24-22-20-18-16-14-2/h37-46,49-52,62-63H,13-36,47-48,53-56H2,1-12H3/b38-37+,43-39+,44-40+,51-49+,52-50+,57-41+,58-42+,59-45+,60-46+/t62-,63+,70+/m1/s1. The van der Waals surface area contributed by atoms with Gasteiger partial charge in [-0.3, -0.25) is 14.4 Å². The smallest absolute Gasteiger partial charge is 0.306 e. The van der Waals surface area contributed by atoms with Crippen LogP contribution in [0.25, 0.3) is 0 Å². The van der Waals surface area contributed by atoms with Crippen molar-refractivity contribution in [3.63, 3.8) is 0 Å². The molecule has 3 atom stereocenters.